The number of aryl methyl sites for hydroxylation is 1. The molecule has 0 atom stereocenters. The molecule has 26 heavy (non-hydrogen) atoms. The quantitative estimate of drug-likeness (QED) is 0.723. The highest BCUT2D eigenvalue weighted by Crippen LogP contribution is 2.18. The molecule has 1 heterocycles. The molecule has 1 amide bonds. The summed E-state index contributed by atoms with van der Waals surface area (Å²) in [7, 11) is 0. The van der Waals surface area contributed by atoms with E-state index < -0.39 is 0 Å². The highest BCUT2D eigenvalue weighted by molar-refractivity contribution is 6.04. The fourth-order valence-electron chi connectivity index (χ4n) is 2.62. The molecule has 5 heteroatoms. The second-order valence-electron chi connectivity index (χ2n) is 6.44. The average molecular weight is 349 g/mol. The first-order valence-electron chi connectivity index (χ1n) is 8.66. The van der Waals surface area contributed by atoms with E-state index in [0.717, 1.165) is 29.4 Å². The molecule has 3 rings (SSSR count). The summed E-state index contributed by atoms with van der Waals surface area (Å²) in [5.74, 6) is 1.63. The monoisotopic (exact) mass is 349 g/mol. The van der Waals surface area contributed by atoms with E-state index in [1.807, 2.05) is 75.5 Å². The van der Waals surface area contributed by atoms with Crippen LogP contribution in [0.2, 0.25) is 0 Å². The molecule has 3 aromatic rings. The third-order valence-corrected chi connectivity index (χ3v) is 3.98. The number of imidazole rings is 1. The van der Waals surface area contributed by atoms with Crippen molar-refractivity contribution in [3.8, 4) is 5.75 Å². The molecule has 0 unspecified atom stereocenters. The lowest BCUT2D eigenvalue weighted by Gasteiger charge is -2.11. The Hall–Kier alpha value is -3.08. The second kappa shape index (κ2) is 7.87. The number of ether oxygens (including phenoxy) is 1. The summed E-state index contributed by atoms with van der Waals surface area (Å²) in [6.07, 6.45) is 3.86. The molecule has 0 aliphatic rings. The third-order valence-electron chi connectivity index (χ3n) is 3.98. The molecular formula is C21H23N3O2. The average Bonchev–Trinajstić information content (AvgIpc) is 3.01. The highest BCUT2D eigenvalue weighted by atomic mass is 16.5. The molecule has 0 aliphatic heterocycles. The van der Waals surface area contributed by atoms with Crippen molar-refractivity contribution in [1.82, 2.24) is 9.55 Å². The van der Waals surface area contributed by atoms with Crippen molar-refractivity contribution in [2.45, 2.75) is 33.4 Å². The van der Waals surface area contributed by atoms with Gasteiger partial charge >= 0.3 is 0 Å². The van der Waals surface area contributed by atoms with E-state index in [1.54, 1.807) is 6.20 Å². The minimum atomic E-state index is -0.132. The number of anilines is 1. The molecule has 5 nitrogen and oxygen atoms in total. The maximum atomic E-state index is 12.4. The number of rotatable bonds is 6. The van der Waals surface area contributed by atoms with Gasteiger partial charge in [0, 0.05) is 30.2 Å². The van der Waals surface area contributed by atoms with Crippen LogP contribution in [0.5, 0.6) is 5.75 Å². The Labute approximate surface area is 153 Å². The standard InChI is InChI=1S/C21H23N3O2/c1-15(2)26-20-10-8-19(9-11-20)23-21(25)18-6-4-17(5-7-18)14-24-13-12-22-16(24)3/h4-13,15H,14H2,1-3H3,(H,23,25). The Morgan fingerprint density at radius 2 is 1.81 bits per heavy atom. The summed E-state index contributed by atoms with van der Waals surface area (Å²) in [4.78, 5) is 16.6. The van der Waals surface area contributed by atoms with Crippen LogP contribution >= 0.6 is 0 Å². The molecule has 0 radical (unpaired) electrons. The zero-order valence-electron chi connectivity index (χ0n) is 15.3. The van der Waals surface area contributed by atoms with Crippen LogP contribution in [0.4, 0.5) is 5.69 Å². The van der Waals surface area contributed by atoms with Gasteiger partial charge < -0.3 is 14.6 Å². The van der Waals surface area contributed by atoms with Crippen molar-refractivity contribution >= 4 is 11.6 Å². The number of nitrogens with one attached hydrogen (secondary N) is 1. The lowest BCUT2D eigenvalue weighted by atomic mass is 10.1. The summed E-state index contributed by atoms with van der Waals surface area (Å²) in [6.45, 7) is 6.67. The summed E-state index contributed by atoms with van der Waals surface area (Å²) in [6, 6.07) is 15.0. The van der Waals surface area contributed by atoms with Gasteiger partial charge in [0.05, 0.1) is 6.10 Å². The van der Waals surface area contributed by atoms with Crippen LogP contribution in [0.25, 0.3) is 0 Å². The van der Waals surface area contributed by atoms with Crippen LogP contribution in [0, 0.1) is 6.92 Å². The van der Waals surface area contributed by atoms with Gasteiger partial charge in [-0.3, -0.25) is 4.79 Å². The van der Waals surface area contributed by atoms with Crippen molar-refractivity contribution in [2.24, 2.45) is 0 Å². The van der Waals surface area contributed by atoms with E-state index in [-0.39, 0.29) is 12.0 Å². The Morgan fingerprint density at radius 3 is 2.38 bits per heavy atom. The number of carbonyl (C=O) groups excluding carboxylic acids is 1. The number of benzene rings is 2. The molecule has 0 saturated carbocycles. The molecule has 0 aliphatic carbocycles. The molecule has 1 N–H and O–H groups in total. The molecule has 2 aromatic carbocycles. The number of amides is 1. The molecule has 0 fully saturated rings. The smallest absolute Gasteiger partial charge is 0.255 e. The summed E-state index contributed by atoms with van der Waals surface area (Å²) in [5, 5.41) is 2.90. The molecule has 0 saturated heterocycles. The van der Waals surface area contributed by atoms with Crippen LogP contribution in [0.15, 0.2) is 60.9 Å². The first-order valence-corrected chi connectivity index (χ1v) is 8.66. The molecule has 1 aromatic heterocycles. The van der Waals surface area contributed by atoms with Gasteiger partial charge in [0.1, 0.15) is 11.6 Å². The number of hydrogen-bond acceptors (Lipinski definition) is 3. The van der Waals surface area contributed by atoms with Gasteiger partial charge in [-0.1, -0.05) is 12.1 Å². The normalized spacial score (nSPS) is 10.8. The number of aromatic nitrogens is 2. The van der Waals surface area contributed by atoms with Crippen molar-refractivity contribution < 1.29 is 9.53 Å². The van der Waals surface area contributed by atoms with Gasteiger partial charge in [0.15, 0.2) is 0 Å². The van der Waals surface area contributed by atoms with Gasteiger partial charge in [-0.2, -0.15) is 0 Å². The minimum Gasteiger partial charge on any atom is -0.491 e. The van der Waals surface area contributed by atoms with Crippen molar-refractivity contribution in [3.63, 3.8) is 0 Å². The van der Waals surface area contributed by atoms with Crippen LogP contribution in [-0.4, -0.2) is 21.6 Å². The maximum absolute atomic E-state index is 12.4. The SMILES string of the molecule is Cc1nccn1Cc1ccc(C(=O)Nc2ccc(OC(C)C)cc2)cc1. The Balaban J connectivity index is 1.62. The largest absolute Gasteiger partial charge is 0.491 e. The first-order chi connectivity index (χ1) is 12.5. The molecule has 0 bridgehead atoms. The summed E-state index contributed by atoms with van der Waals surface area (Å²) < 4.78 is 7.67. The van der Waals surface area contributed by atoms with E-state index in [0.29, 0.717) is 5.56 Å². The molecule has 134 valence electrons. The predicted octanol–water partition coefficient (Wildman–Crippen LogP) is 4.28. The van der Waals surface area contributed by atoms with Gasteiger partial charge in [0.25, 0.3) is 5.91 Å². The number of nitrogens with zero attached hydrogens (tertiary/aromatic N) is 2. The second-order valence-corrected chi connectivity index (χ2v) is 6.44. The first kappa shape index (κ1) is 17.7. The minimum absolute atomic E-state index is 0.125. The van der Waals surface area contributed by atoms with Gasteiger partial charge in [-0.05, 0) is 62.7 Å². The molecule has 0 spiro atoms. The Kier molecular flexibility index (Phi) is 5.37. The zero-order valence-corrected chi connectivity index (χ0v) is 15.3. The third kappa shape index (κ3) is 4.51. The maximum Gasteiger partial charge on any atom is 0.255 e. The van der Waals surface area contributed by atoms with Crippen LogP contribution in [0.3, 0.4) is 0 Å². The lowest BCUT2D eigenvalue weighted by molar-refractivity contribution is 0.102. The van der Waals surface area contributed by atoms with E-state index in [4.69, 9.17) is 4.74 Å². The fraction of sp³-hybridized carbons (Fsp3) is 0.238. The number of carbonyl (C=O) groups is 1. The van der Waals surface area contributed by atoms with Crippen molar-refractivity contribution in [3.05, 3.63) is 77.9 Å². The zero-order chi connectivity index (χ0) is 18.5. The van der Waals surface area contributed by atoms with Crippen LogP contribution < -0.4 is 10.1 Å². The van der Waals surface area contributed by atoms with Crippen molar-refractivity contribution in [1.29, 1.82) is 0 Å². The van der Waals surface area contributed by atoms with Gasteiger partial charge in [-0.25, -0.2) is 4.98 Å². The van der Waals surface area contributed by atoms with Crippen molar-refractivity contribution in [2.75, 3.05) is 5.32 Å². The topological polar surface area (TPSA) is 56.2 Å². The fourth-order valence-corrected chi connectivity index (χ4v) is 2.62. The van der Waals surface area contributed by atoms with Gasteiger partial charge in [-0.15, -0.1) is 0 Å². The van der Waals surface area contributed by atoms with E-state index in [1.165, 1.54) is 0 Å². The van der Waals surface area contributed by atoms with Crippen LogP contribution in [0.1, 0.15) is 35.6 Å². The van der Waals surface area contributed by atoms with Gasteiger partial charge in [0.2, 0.25) is 0 Å². The lowest BCUT2D eigenvalue weighted by Crippen LogP contribution is -2.12. The number of hydrogen-bond donors (Lipinski definition) is 1. The Morgan fingerprint density at radius 1 is 1.12 bits per heavy atom. The highest BCUT2D eigenvalue weighted by Gasteiger charge is 2.07. The predicted molar refractivity (Wildman–Crippen MR) is 103 cm³/mol. The van der Waals surface area contributed by atoms with E-state index >= 15 is 0 Å². The van der Waals surface area contributed by atoms with E-state index in [9.17, 15) is 4.79 Å². The molecular weight excluding hydrogens is 326 g/mol. The summed E-state index contributed by atoms with van der Waals surface area (Å²) >= 11 is 0. The van der Waals surface area contributed by atoms with E-state index in [2.05, 4.69) is 14.9 Å². The Bertz CT molecular complexity index is 865. The summed E-state index contributed by atoms with van der Waals surface area (Å²) in [5.41, 5.74) is 2.49. The van der Waals surface area contributed by atoms with Crippen LogP contribution in [-0.2, 0) is 6.54 Å².